The summed E-state index contributed by atoms with van der Waals surface area (Å²) in [7, 11) is 0. The van der Waals surface area contributed by atoms with Crippen LogP contribution in [-0.4, -0.2) is 16.8 Å². The van der Waals surface area contributed by atoms with E-state index in [2.05, 4.69) is 10.4 Å². The van der Waals surface area contributed by atoms with Crippen molar-refractivity contribution >= 4 is 33.8 Å². The Hall–Kier alpha value is -2.76. The van der Waals surface area contributed by atoms with E-state index in [1.807, 2.05) is 0 Å². The molecule has 0 aliphatic heterocycles. The molecule has 3 N–H and O–H groups in total. The highest BCUT2D eigenvalue weighted by atomic mass is 16.3. The lowest BCUT2D eigenvalue weighted by molar-refractivity contribution is -0.124. The minimum atomic E-state index is -0.515. The zero-order valence-electron chi connectivity index (χ0n) is 10.8. The molecule has 0 radical (unpaired) electrons. The number of ketones is 1. The SMILES string of the molecule is CC(=O)CC(=O)Nc1cc2ccccc2c(N=N)c1O. The second-order valence-electron chi connectivity index (χ2n) is 4.38. The van der Waals surface area contributed by atoms with Gasteiger partial charge in [-0.15, -0.1) is 0 Å². The topological polar surface area (TPSA) is 103 Å². The van der Waals surface area contributed by atoms with Crippen molar-refractivity contribution in [2.24, 2.45) is 5.11 Å². The van der Waals surface area contributed by atoms with Crippen LogP contribution in [0, 0.1) is 5.53 Å². The van der Waals surface area contributed by atoms with Crippen molar-refractivity contribution in [2.45, 2.75) is 13.3 Å². The third kappa shape index (κ3) is 2.64. The largest absolute Gasteiger partial charge is 0.504 e. The summed E-state index contributed by atoms with van der Waals surface area (Å²) in [5.74, 6) is -1.07. The van der Waals surface area contributed by atoms with E-state index in [-0.39, 0.29) is 29.3 Å². The first-order valence-corrected chi connectivity index (χ1v) is 5.94. The van der Waals surface area contributed by atoms with Gasteiger partial charge in [-0.1, -0.05) is 24.3 Å². The molecule has 6 nitrogen and oxygen atoms in total. The van der Waals surface area contributed by atoms with Gasteiger partial charge in [-0.25, -0.2) is 5.53 Å². The van der Waals surface area contributed by atoms with Gasteiger partial charge in [0.25, 0.3) is 0 Å². The van der Waals surface area contributed by atoms with E-state index in [0.717, 1.165) is 5.39 Å². The predicted molar refractivity (Wildman–Crippen MR) is 74.3 cm³/mol. The molecule has 2 aromatic carbocycles. The summed E-state index contributed by atoms with van der Waals surface area (Å²) in [4.78, 5) is 22.5. The molecular weight excluding hydrogens is 258 g/mol. The number of carbonyl (C=O) groups excluding carboxylic acids is 2. The lowest BCUT2D eigenvalue weighted by Crippen LogP contribution is -2.14. The summed E-state index contributed by atoms with van der Waals surface area (Å²) >= 11 is 0. The van der Waals surface area contributed by atoms with Crippen LogP contribution in [0.3, 0.4) is 0 Å². The number of hydrogen-bond acceptors (Lipinski definition) is 5. The maximum Gasteiger partial charge on any atom is 0.231 e. The van der Waals surface area contributed by atoms with Crippen molar-refractivity contribution in [3.8, 4) is 5.75 Å². The summed E-state index contributed by atoms with van der Waals surface area (Å²) in [5, 5.41) is 17.2. The van der Waals surface area contributed by atoms with Crippen LogP contribution in [0.15, 0.2) is 35.4 Å². The second kappa shape index (κ2) is 5.48. The Morgan fingerprint density at radius 1 is 1.35 bits per heavy atom. The van der Waals surface area contributed by atoms with Gasteiger partial charge in [-0.2, -0.15) is 5.11 Å². The minimum absolute atomic E-state index is 0.0845. The molecule has 1 amide bonds. The van der Waals surface area contributed by atoms with Gasteiger partial charge < -0.3 is 10.4 Å². The molecule has 0 bridgehead atoms. The molecule has 0 aliphatic rings. The Morgan fingerprint density at radius 2 is 2.05 bits per heavy atom. The van der Waals surface area contributed by atoms with Gasteiger partial charge >= 0.3 is 0 Å². The first-order valence-electron chi connectivity index (χ1n) is 5.94. The number of nitrogens with zero attached hydrogens (tertiary/aromatic N) is 1. The fourth-order valence-corrected chi connectivity index (χ4v) is 1.95. The third-order valence-electron chi connectivity index (χ3n) is 2.79. The van der Waals surface area contributed by atoms with Crippen LogP contribution in [0.25, 0.3) is 10.8 Å². The van der Waals surface area contributed by atoms with E-state index >= 15 is 0 Å². The van der Waals surface area contributed by atoms with Crippen molar-refractivity contribution in [3.63, 3.8) is 0 Å². The number of anilines is 1. The molecule has 0 unspecified atom stereocenters. The number of nitrogens with one attached hydrogen (secondary N) is 2. The zero-order valence-corrected chi connectivity index (χ0v) is 10.8. The van der Waals surface area contributed by atoms with Crippen molar-refractivity contribution in [3.05, 3.63) is 30.3 Å². The Labute approximate surface area is 114 Å². The molecule has 0 heterocycles. The second-order valence-corrected chi connectivity index (χ2v) is 4.38. The normalized spacial score (nSPS) is 10.2. The summed E-state index contributed by atoms with van der Waals surface area (Å²) < 4.78 is 0. The van der Waals surface area contributed by atoms with Crippen LogP contribution in [0.4, 0.5) is 11.4 Å². The number of Topliss-reactive ketones (excluding diaryl/α,β-unsaturated/α-hetero) is 1. The van der Waals surface area contributed by atoms with Gasteiger partial charge in [-0.05, 0) is 18.4 Å². The lowest BCUT2D eigenvalue weighted by atomic mass is 10.1. The molecule has 6 heteroatoms. The van der Waals surface area contributed by atoms with Crippen molar-refractivity contribution in [1.82, 2.24) is 0 Å². The van der Waals surface area contributed by atoms with E-state index < -0.39 is 5.91 Å². The highest BCUT2D eigenvalue weighted by molar-refractivity contribution is 6.07. The van der Waals surface area contributed by atoms with Crippen LogP contribution < -0.4 is 5.32 Å². The minimum Gasteiger partial charge on any atom is -0.504 e. The molecule has 20 heavy (non-hydrogen) atoms. The fraction of sp³-hybridized carbons (Fsp3) is 0.143. The highest BCUT2D eigenvalue weighted by Gasteiger charge is 2.15. The molecule has 2 aromatic rings. The summed E-state index contributed by atoms with van der Waals surface area (Å²) in [5.41, 5.74) is 7.38. The van der Waals surface area contributed by atoms with Crippen molar-refractivity contribution in [1.29, 1.82) is 5.53 Å². The quantitative estimate of drug-likeness (QED) is 0.452. The molecule has 0 spiro atoms. The molecule has 0 saturated carbocycles. The fourth-order valence-electron chi connectivity index (χ4n) is 1.95. The number of carbonyl (C=O) groups is 2. The Morgan fingerprint density at radius 3 is 2.70 bits per heavy atom. The van der Waals surface area contributed by atoms with Crippen LogP contribution in [-0.2, 0) is 9.59 Å². The third-order valence-corrected chi connectivity index (χ3v) is 2.79. The summed E-state index contributed by atoms with van der Waals surface area (Å²) in [6.07, 6.45) is -0.264. The van der Waals surface area contributed by atoms with E-state index in [0.29, 0.717) is 5.39 Å². The molecule has 0 saturated heterocycles. The van der Waals surface area contributed by atoms with Gasteiger partial charge in [0.1, 0.15) is 11.5 Å². The van der Waals surface area contributed by atoms with Crippen molar-refractivity contribution < 1.29 is 14.7 Å². The first kappa shape index (κ1) is 13.7. The van der Waals surface area contributed by atoms with Gasteiger partial charge in [-0.3, -0.25) is 9.59 Å². The van der Waals surface area contributed by atoms with E-state index in [4.69, 9.17) is 5.53 Å². The van der Waals surface area contributed by atoms with Crippen LogP contribution in [0.2, 0.25) is 0 Å². The highest BCUT2D eigenvalue weighted by Crippen LogP contribution is 2.41. The number of fused-ring (bicyclic) bond motifs is 1. The van der Waals surface area contributed by atoms with Crippen LogP contribution >= 0.6 is 0 Å². The number of hydrogen-bond donors (Lipinski definition) is 3. The van der Waals surface area contributed by atoms with Crippen molar-refractivity contribution in [2.75, 3.05) is 5.32 Å². The number of aromatic hydroxyl groups is 1. The molecule has 0 atom stereocenters. The lowest BCUT2D eigenvalue weighted by Gasteiger charge is -2.11. The van der Waals surface area contributed by atoms with Gasteiger partial charge in [0, 0.05) is 5.39 Å². The zero-order chi connectivity index (χ0) is 14.7. The number of phenols is 1. The molecule has 0 aliphatic carbocycles. The number of phenolic OH excluding ortho intramolecular Hbond substituents is 1. The maximum absolute atomic E-state index is 11.6. The van der Waals surface area contributed by atoms with E-state index in [1.165, 1.54) is 6.92 Å². The number of benzene rings is 2. The Bertz CT molecular complexity index is 710. The standard InChI is InChI=1S/C14H13N3O3/c1-8(18)6-12(19)16-11-7-9-4-2-3-5-10(9)13(17-15)14(11)20/h2-5,7,15,20H,6H2,1H3,(H,16,19). The molecule has 0 fully saturated rings. The van der Waals surface area contributed by atoms with Crippen LogP contribution in [0.5, 0.6) is 5.75 Å². The number of amides is 1. The molecular formula is C14H13N3O3. The smallest absolute Gasteiger partial charge is 0.231 e. The van der Waals surface area contributed by atoms with Gasteiger partial charge in [0.2, 0.25) is 5.91 Å². The average molecular weight is 271 g/mol. The molecule has 0 aromatic heterocycles. The summed E-state index contributed by atoms with van der Waals surface area (Å²) in [6, 6.07) is 8.66. The monoisotopic (exact) mass is 271 g/mol. The number of rotatable bonds is 4. The first-order chi connectivity index (χ1) is 9.52. The van der Waals surface area contributed by atoms with Gasteiger partial charge in [0.05, 0.1) is 12.1 Å². The molecule has 2 rings (SSSR count). The Balaban J connectivity index is 2.49. The average Bonchev–Trinajstić information content (AvgIpc) is 2.39. The Kier molecular flexibility index (Phi) is 3.74. The van der Waals surface area contributed by atoms with Crippen LogP contribution in [0.1, 0.15) is 13.3 Å². The molecule has 102 valence electrons. The summed E-state index contributed by atoms with van der Waals surface area (Å²) in [6.45, 7) is 1.31. The predicted octanol–water partition coefficient (Wildman–Crippen LogP) is 3.13. The maximum atomic E-state index is 11.6. The van der Waals surface area contributed by atoms with Gasteiger partial charge in [0.15, 0.2) is 5.75 Å². The van der Waals surface area contributed by atoms with E-state index in [1.54, 1.807) is 30.3 Å². The van der Waals surface area contributed by atoms with E-state index in [9.17, 15) is 14.7 Å².